The van der Waals surface area contributed by atoms with Crippen molar-refractivity contribution in [1.82, 2.24) is 0 Å². The first-order valence-electron chi connectivity index (χ1n) is 9.28. The van der Waals surface area contributed by atoms with Gasteiger partial charge in [-0.2, -0.15) is 0 Å². The summed E-state index contributed by atoms with van der Waals surface area (Å²) in [5, 5.41) is 16.7. The van der Waals surface area contributed by atoms with Crippen LogP contribution in [0.5, 0.6) is 0 Å². The van der Waals surface area contributed by atoms with Gasteiger partial charge in [0.15, 0.2) is 0 Å². The van der Waals surface area contributed by atoms with E-state index in [1.54, 1.807) is 0 Å². The molecule has 0 rings (SSSR count). The molecule has 0 aromatic rings. The van der Waals surface area contributed by atoms with Gasteiger partial charge in [0, 0.05) is 32.3 Å². The van der Waals surface area contributed by atoms with Crippen LogP contribution in [0.1, 0.15) is 90.9 Å². The Morgan fingerprint density at radius 2 is 0.920 bits per heavy atom. The SMILES string of the molecule is CCCCC=CCCCC(=O)O.CCCCC=CCCCC(=O)O.[Zn]. The summed E-state index contributed by atoms with van der Waals surface area (Å²) in [5.41, 5.74) is 0. The summed E-state index contributed by atoms with van der Waals surface area (Å²) >= 11 is 0. The number of carboxylic acids is 2. The molecule has 0 aliphatic heterocycles. The van der Waals surface area contributed by atoms with Gasteiger partial charge in [0.1, 0.15) is 0 Å². The van der Waals surface area contributed by atoms with E-state index >= 15 is 0 Å². The number of carbonyl (C=O) groups is 2. The predicted octanol–water partition coefficient (Wildman–Crippen LogP) is 5.97. The topological polar surface area (TPSA) is 74.6 Å². The third-order valence-electron chi connectivity index (χ3n) is 3.30. The van der Waals surface area contributed by atoms with Crippen LogP contribution in [0.4, 0.5) is 0 Å². The van der Waals surface area contributed by atoms with Crippen molar-refractivity contribution in [3.05, 3.63) is 24.3 Å². The fourth-order valence-corrected chi connectivity index (χ4v) is 1.86. The van der Waals surface area contributed by atoms with Gasteiger partial charge in [0.25, 0.3) is 0 Å². The molecule has 0 aromatic heterocycles. The van der Waals surface area contributed by atoms with E-state index in [2.05, 4.69) is 38.2 Å². The van der Waals surface area contributed by atoms with E-state index < -0.39 is 11.9 Å². The van der Waals surface area contributed by atoms with Crippen molar-refractivity contribution in [2.24, 2.45) is 0 Å². The first kappa shape index (κ1) is 28.8. The molecule has 0 heterocycles. The van der Waals surface area contributed by atoms with Crippen LogP contribution in [-0.2, 0) is 29.1 Å². The van der Waals surface area contributed by atoms with Crippen molar-refractivity contribution in [2.45, 2.75) is 90.9 Å². The van der Waals surface area contributed by atoms with Crippen molar-refractivity contribution >= 4 is 11.9 Å². The summed E-state index contributed by atoms with van der Waals surface area (Å²) in [6.45, 7) is 4.33. The predicted molar refractivity (Wildman–Crippen MR) is 100 cm³/mol. The Hall–Kier alpha value is -0.957. The van der Waals surface area contributed by atoms with E-state index in [0.717, 1.165) is 38.5 Å². The Morgan fingerprint density at radius 1 is 0.640 bits per heavy atom. The van der Waals surface area contributed by atoms with E-state index in [9.17, 15) is 9.59 Å². The van der Waals surface area contributed by atoms with Crippen LogP contribution < -0.4 is 0 Å². The van der Waals surface area contributed by atoms with Crippen LogP contribution in [-0.4, -0.2) is 22.2 Å². The van der Waals surface area contributed by atoms with Gasteiger partial charge in [-0.15, -0.1) is 0 Å². The average molecular weight is 406 g/mol. The second-order valence-electron chi connectivity index (χ2n) is 5.80. The largest absolute Gasteiger partial charge is 0.481 e. The van der Waals surface area contributed by atoms with Gasteiger partial charge >= 0.3 is 11.9 Å². The van der Waals surface area contributed by atoms with Gasteiger partial charge in [-0.05, 0) is 38.5 Å². The molecule has 0 unspecified atom stereocenters. The zero-order valence-corrected chi connectivity index (χ0v) is 19.2. The number of rotatable bonds is 14. The molecule has 0 aromatic carbocycles. The Labute approximate surface area is 166 Å². The summed E-state index contributed by atoms with van der Waals surface area (Å²) in [6, 6.07) is 0. The quantitative estimate of drug-likeness (QED) is 0.212. The van der Waals surface area contributed by atoms with Crippen molar-refractivity contribution < 1.29 is 39.3 Å². The smallest absolute Gasteiger partial charge is 0.303 e. The molecule has 0 bridgehead atoms. The fourth-order valence-electron chi connectivity index (χ4n) is 1.86. The molecule has 142 valence electrons. The number of hydrogen-bond acceptors (Lipinski definition) is 2. The van der Waals surface area contributed by atoms with Gasteiger partial charge < -0.3 is 10.2 Å². The molecular formula is C20H36O4Zn. The maximum atomic E-state index is 10.1. The van der Waals surface area contributed by atoms with Gasteiger partial charge in [-0.25, -0.2) is 0 Å². The number of allylic oxidation sites excluding steroid dienone is 4. The van der Waals surface area contributed by atoms with Gasteiger partial charge in [-0.1, -0.05) is 63.8 Å². The molecule has 0 aliphatic rings. The Bertz CT molecular complexity index is 318. The Morgan fingerprint density at radius 3 is 1.16 bits per heavy atom. The normalized spacial score (nSPS) is 10.3. The number of hydrogen-bond donors (Lipinski definition) is 2. The van der Waals surface area contributed by atoms with Crippen molar-refractivity contribution in [3.8, 4) is 0 Å². The molecule has 0 aliphatic carbocycles. The molecular weight excluding hydrogens is 370 g/mol. The number of carboxylic acid groups (broad SMARTS) is 2. The van der Waals surface area contributed by atoms with Crippen LogP contribution in [0.25, 0.3) is 0 Å². The van der Waals surface area contributed by atoms with Crippen molar-refractivity contribution in [3.63, 3.8) is 0 Å². The summed E-state index contributed by atoms with van der Waals surface area (Å²) < 4.78 is 0. The van der Waals surface area contributed by atoms with E-state index in [1.807, 2.05) is 0 Å². The van der Waals surface area contributed by atoms with Crippen LogP contribution in [0.15, 0.2) is 24.3 Å². The van der Waals surface area contributed by atoms with Gasteiger partial charge in [0.2, 0.25) is 0 Å². The summed E-state index contributed by atoms with van der Waals surface area (Å²) in [4.78, 5) is 20.2. The average Bonchev–Trinajstić information content (AvgIpc) is 2.53. The first-order valence-corrected chi connectivity index (χ1v) is 9.28. The van der Waals surface area contributed by atoms with E-state index in [1.165, 1.54) is 25.7 Å². The summed E-state index contributed by atoms with van der Waals surface area (Å²) in [5.74, 6) is -1.39. The maximum absolute atomic E-state index is 10.1. The number of unbranched alkanes of at least 4 members (excludes halogenated alkanes) is 6. The maximum Gasteiger partial charge on any atom is 0.303 e. The minimum absolute atomic E-state index is 0. The standard InChI is InChI=1S/2C10H18O2.Zn/c2*1-2-3-4-5-6-7-8-9-10(11)12;/h2*5-6H,2-4,7-9H2,1H3,(H,11,12);. The van der Waals surface area contributed by atoms with Crippen molar-refractivity contribution in [2.75, 3.05) is 0 Å². The second kappa shape index (κ2) is 25.3. The Kier molecular flexibility index (Phi) is 29.2. The minimum Gasteiger partial charge on any atom is -0.481 e. The van der Waals surface area contributed by atoms with Crippen LogP contribution in [0.2, 0.25) is 0 Å². The first-order chi connectivity index (χ1) is 11.5. The molecule has 0 amide bonds. The van der Waals surface area contributed by atoms with Crippen LogP contribution >= 0.6 is 0 Å². The molecule has 4 nitrogen and oxygen atoms in total. The monoisotopic (exact) mass is 404 g/mol. The molecule has 2 N–H and O–H groups in total. The molecule has 0 fully saturated rings. The van der Waals surface area contributed by atoms with Crippen LogP contribution in [0.3, 0.4) is 0 Å². The second-order valence-corrected chi connectivity index (χ2v) is 5.80. The molecule has 0 radical (unpaired) electrons. The molecule has 0 spiro atoms. The summed E-state index contributed by atoms with van der Waals surface area (Å²) in [7, 11) is 0. The Balaban J connectivity index is -0.000000372. The van der Waals surface area contributed by atoms with Crippen LogP contribution in [0, 0.1) is 0 Å². The summed E-state index contributed by atoms with van der Waals surface area (Å²) in [6.07, 6.45) is 19.5. The van der Waals surface area contributed by atoms with Gasteiger partial charge in [-0.3, -0.25) is 9.59 Å². The van der Waals surface area contributed by atoms with Crippen molar-refractivity contribution in [1.29, 1.82) is 0 Å². The molecule has 0 atom stereocenters. The zero-order chi connectivity index (χ0) is 18.5. The van der Waals surface area contributed by atoms with Gasteiger partial charge in [0.05, 0.1) is 0 Å². The van der Waals surface area contributed by atoms with E-state index in [4.69, 9.17) is 10.2 Å². The third kappa shape index (κ3) is 35.1. The number of aliphatic carboxylic acids is 2. The minimum atomic E-state index is -0.697. The molecule has 25 heavy (non-hydrogen) atoms. The molecule has 5 heteroatoms. The van der Waals surface area contributed by atoms with E-state index in [0.29, 0.717) is 0 Å². The third-order valence-corrected chi connectivity index (χ3v) is 3.30. The fraction of sp³-hybridized carbons (Fsp3) is 0.700. The van der Waals surface area contributed by atoms with E-state index in [-0.39, 0.29) is 32.3 Å². The molecule has 0 saturated carbocycles. The molecule has 0 saturated heterocycles. The zero-order valence-electron chi connectivity index (χ0n) is 16.2.